The van der Waals surface area contributed by atoms with Gasteiger partial charge in [-0.25, -0.2) is 4.98 Å². The molecule has 3 N–H and O–H groups in total. The van der Waals surface area contributed by atoms with Gasteiger partial charge in [-0.05, 0) is 24.6 Å². The molecule has 2 aromatic heterocycles. The molecule has 6 nitrogen and oxygen atoms in total. The summed E-state index contributed by atoms with van der Waals surface area (Å²) in [6, 6.07) is 3.29. The van der Waals surface area contributed by atoms with Crippen LogP contribution in [0.4, 0.5) is 11.5 Å². The molecular weight excluding hydrogens is 244 g/mol. The fourth-order valence-electron chi connectivity index (χ4n) is 1.55. The number of nitrogens with one attached hydrogen (secondary N) is 1. The second-order valence-electron chi connectivity index (χ2n) is 3.96. The lowest BCUT2D eigenvalue weighted by Crippen LogP contribution is -2.14. The van der Waals surface area contributed by atoms with Crippen LogP contribution in [0, 0.1) is 6.92 Å². The number of aryl methyl sites for hydroxylation is 1. The first-order chi connectivity index (χ1) is 9.11. The van der Waals surface area contributed by atoms with E-state index in [-0.39, 0.29) is 5.91 Å². The molecule has 0 fully saturated rings. The van der Waals surface area contributed by atoms with Gasteiger partial charge in [0.05, 0.1) is 30.8 Å². The van der Waals surface area contributed by atoms with Crippen molar-refractivity contribution < 1.29 is 9.53 Å². The minimum atomic E-state index is -0.309. The number of anilines is 2. The number of nitrogens with two attached hydrogens (primary N) is 1. The zero-order chi connectivity index (χ0) is 13.8. The molecule has 0 aliphatic carbocycles. The van der Waals surface area contributed by atoms with Gasteiger partial charge in [0.15, 0.2) is 0 Å². The molecule has 0 bridgehead atoms. The predicted molar refractivity (Wildman–Crippen MR) is 72.1 cm³/mol. The average Bonchev–Trinajstić information content (AvgIpc) is 2.43. The van der Waals surface area contributed by atoms with E-state index in [9.17, 15) is 4.79 Å². The number of nitrogens with zero attached hydrogens (tertiary/aromatic N) is 2. The van der Waals surface area contributed by atoms with E-state index in [1.807, 2.05) is 6.92 Å². The average molecular weight is 258 g/mol. The van der Waals surface area contributed by atoms with Gasteiger partial charge in [0.1, 0.15) is 11.6 Å². The number of pyridine rings is 2. The Morgan fingerprint density at radius 1 is 1.42 bits per heavy atom. The van der Waals surface area contributed by atoms with Crippen LogP contribution < -0.4 is 15.8 Å². The third-order valence-corrected chi connectivity index (χ3v) is 2.64. The third kappa shape index (κ3) is 2.79. The minimum absolute atomic E-state index is 0.309. The van der Waals surface area contributed by atoms with E-state index in [0.717, 1.165) is 5.56 Å². The van der Waals surface area contributed by atoms with Gasteiger partial charge in [-0.15, -0.1) is 0 Å². The molecule has 6 heteroatoms. The van der Waals surface area contributed by atoms with Crippen LogP contribution in [0.3, 0.4) is 0 Å². The topological polar surface area (TPSA) is 90.1 Å². The molecule has 0 aromatic carbocycles. The Hall–Kier alpha value is -2.63. The Bertz CT molecular complexity index is 613. The molecular formula is C13H14N4O2. The summed E-state index contributed by atoms with van der Waals surface area (Å²) >= 11 is 0. The first kappa shape index (κ1) is 12.8. The van der Waals surface area contributed by atoms with Crippen molar-refractivity contribution in [2.45, 2.75) is 6.92 Å². The summed E-state index contributed by atoms with van der Waals surface area (Å²) in [5.74, 6) is 0.540. The molecule has 1 amide bonds. The van der Waals surface area contributed by atoms with E-state index < -0.39 is 0 Å². The maximum atomic E-state index is 12.1. The molecule has 0 aliphatic rings. The van der Waals surface area contributed by atoms with E-state index in [1.165, 1.54) is 25.7 Å². The molecule has 0 radical (unpaired) electrons. The molecule has 2 rings (SSSR count). The van der Waals surface area contributed by atoms with Gasteiger partial charge in [-0.1, -0.05) is 0 Å². The molecule has 2 heterocycles. The molecule has 0 atom stereocenters. The number of ether oxygens (including phenoxy) is 1. The zero-order valence-electron chi connectivity index (χ0n) is 10.7. The van der Waals surface area contributed by atoms with Crippen LogP contribution in [0.1, 0.15) is 15.9 Å². The van der Waals surface area contributed by atoms with Crippen LogP contribution in [0.15, 0.2) is 30.7 Å². The Balaban J connectivity index is 2.23. The van der Waals surface area contributed by atoms with E-state index in [1.54, 1.807) is 12.1 Å². The number of aromatic nitrogens is 2. The number of methoxy groups -OCH3 is 1. The Morgan fingerprint density at radius 3 is 2.89 bits per heavy atom. The lowest BCUT2D eigenvalue weighted by Gasteiger charge is -2.09. The summed E-state index contributed by atoms with van der Waals surface area (Å²) < 4.78 is 5.08. The lowest BCUT2D eigenvalue weighted by molar-refractivity contribution is 0.102. The highest BCUT2D eigenvalue weighted by Gasteiger charge is 2.12. The van der Waals surface area contributed by atoms with Gasteiger partial charge in [0.2, 0.25) is 0 Å². The van der Waals surface area contributed by atoms with Crippen LogP contribution in [0.5, 0.6) is 5.75 Å². The second-order valence-corrected chi connectivity index (χ2v) is 3.96. The highest BCUT2D eigenvalue weighted by molar-refractivity contribution is 6.05. The third-order valence-electron chi connectivity index (χ3n) is 2.64. The van der Waals surface area contributed by atoms with Crippen molar-refractivity contribution in [2.75, 3.05) is 18.2 Å². The van der Waals surface area contributed by atoms with Crippen molar-refractivity contribution >= 4 is 17.4 Å². The van der Waals surface area contributed by atoms with E-state index in [0.29, 0.717) is 22.8 Å². The summed E-state index contributed by atoms with van der Waals surface area (Å²) in [5.41, 5.74) is 7.51. The molecule has 0 saturated heterocycles. The standard InChI is InChI=1S/C13H14N4O2/c1-8-5-12(16-6-10(8)14)17-13(18)9-3-4-15-7-11(9)19-2/h3-7H,14H2,1-2H3,(H,16,17,18). The first-order valence-electron chi connectivity index (χ1n) is 5.63. The fraction of sp³-hybridized carbons (Fsp3) is 0.154. The monoisotopic (exact) mass is 258 g/mol. The number of carbonyl (C=O) groups excluding carboxylic acids is 1. The molecule has 0 unspecified atom stereocenters. The van der Waals surface area contributed by atoms with Crippen molar-refractivity contribution in [3.05, 3.63) is 41.9 Å². The number of rotatable bonds is 3. The normalized spacial score (nSPS) is 10.0. The molecule has 0 spiro atoms. The van der Waals surface area contributed by atoms with Crippen molar-refractivity contribution in [3.63, 3.8) is 0 Å². The zero-order valence-corrected chi connectivity index (χ0v) is 10.7. The maximum absolute atomic E-state index is 12.1. The summed E-state index contributed by atoms with van der Waals surface area (Å²) in [7, 11) is 1.49. The van der Waals surface area contributed by atoms with Crippen LogP contribution in [-0.4, -0.2) is 23.0 Å². The summed E-state index contributed by atoms with van der Waals surface area (Å²) in [4.78, 5) is 20.0. The van der Waals surface area contributed by atoms with E-state index in [2.05, 4.69) is 15.3 Å². The van der Waals surface area contributed by atoms with Gasteiger partial charge >= 0.3 is 0 Å². The number of hydrogen-bond acceptors (Lipinski definition) is 5. The second kappa shape index (κ2) is 5.34. The van der Waals surface area contributed by atoms with Gasteiger partial charge < -0.3 is 15.8 Å². The Labute approximate surface area is 110 Å². The number of hydrogen-bond donors (Lipinski definition) is 2. The van der Waals surface area contributed by atoms with Crippen molar-refractivity contribution in [3.8, 4) is 5.75 Å². The highest BCUT2D eigenvalue weighted by Crippen LogP contribution is 2.18. The number of carbonyl (C=O) groups is 1. The maximum Gasteiger partial charge on any atom is 0.260 e. The summed E-state index contributed by atoms with van der Waals surface area (Å²) in [5, 5.41) is 2.69. The fourth-order valence-corrected chi connectivity index (χ4v) is 1.55. The van der Waals surface area contributed by atoms with Gasteiger partial charge in [0.25, 0.3) is 5.91 Å². The minimum Gasteiger partial charge on any atom is -0.494 e. The Morgan fingerprint density at radius 2 is 2.21 bits per heavy atom. The van der Waals surface area contributed by atoms with Crippen molar-refractivity contribution in [2.24, 2.45) is 0 Å². The largest absolute Gasteiger partial charge is 0.494 e. The van der Waals surface area contributed by atoms with Gasteiger partial charge in [0, 0.05) is 6.20 Å². The van der Waals surface area contributed by atoms with E-state index in [4.69, 9.17) is 10.5 Å². The van der Waals surface area contributed by atoms with Crippen molar-refractivity contribution in [1.29, 1.82) is 0 Å². The SMILES string of the molecule is COc1cnccc1C(=O)Nc1cc(C)c(N)cn1. The van der Waals surface area contributed by atoms with Crippen LogP contribution in [0.25, 0.3) is 0 Å². The van der Waals surface area contributed by atoms with Crippen LogP contribution in [-0.2, 0) is 0 Å². The number of amides is 1. The first-order valence-corrected chi connectivity index (χ1v) is 5.63. The molecule has 2 aromatic rings. The van der Waals surface area contributed by atoms with Crippen molar-refractivity contribution in [1.82, 2.24) is 9.97 Å². The molecule has 0 aliphatic heterocycles. The Kier molecular flexibility index (Phi) is 3.61. The predicted octanol–water partition coefficient (Wildman–Crippen LogP) is 1.63. The molecule has 19 heavy (non-hydrogen) atoms. The lowest BCUT2D eigenvalue weighted by atomic mass is 10.2. The summed E-state index contributed by atoms with van der Waals surface area (Å²) in [6.45, 7) is 1.85. The molecule has 0 saturated carbocycles. The van der Waals surface area contributed by atoms with Gasteiger partial charge in [-0.2, -0.15) is 0 Å². The smallest absolute Gasteiger partial charge is 0.260 e. The number of nitrogen functional groups attached to an aromatic ring is 1. The van der Waals surface area contributed by atoms with Crippen LogP contribution in [0.2, 0.25) is 0 Å². The van der Waals surface area contributed by atoms with Crippen LogP contribution >= 0.6 is 0 Å². The highest BCUT2D eigenvalue weighted by atomic mass is 16.5. The summed E-state index contributed by atoms with van der Waals surface area (Å²) in [6.07, 6.45) is 4.52. The van der Waals surface area contributed by atoms with E-state index >= 15 is 0 Å². The quantitative estimate of drug-likeness (QED) is 0.873. The van der Waals surface area contributed by atoms with Gasteiger partial charge in [-0.3, -0.25) is 9.78 Å². The molecule has 98 valence electrons.